The Kier molecular flexibility index (Phi) is 5.39. The van der Waals surface area contributed by atoms with E-state index in [0.29, 0.717) is 24.9 Å². The molecule has 1 fully saturated rings. The molecule has 1 aliphatic carbocycles. The fourth-order valence-electron chi connectivity index (χ4n) is 3.02. The molecule has 0 amide bonds. The molecule has 0 aliphatic heterocycles. The van der Waals surface area contributed by atoms with Gasteiger partial charge in [0.15, 0.2) is 0 Å². The molecule has 2 rings (SSSR count). The summed E-state index contributed by atoms with van der Waals surface area (Å²) in [4.78, 5) is 2.54. The van der Waals surface area contributed by atoms with E-state index in [-0.39, 0.29) is 11.4 Å². The number of hydrogen-bond acceptors (Lipinski definition) is 2. The van der Waals surface area contributed by atoms with Crippen LogP contribution in [0, 0.1) is 11.7 Å². The summed E-state index contributed by atoms with van der Waals surface area (Å²) in [7, 11) is 0. The van der Waals surface area contributed by atoms with Crippen molar-refractivity contribution in [3.05, 3.63) is 35.6 Å². The Morgan fingerprint density at radius 2 is 2.00 bits per heavy atom. The second kappa shape index (κ2) is 6.89. The number of nitrogens with zero attached hydrogens (tertiary/aromatic N) is 1. The molecule has 1 atom stereocenters. The zero-order valence-corrected chi connectivity index (χ0v) is 13.6. The van der Waals surface area contributed by atoms with Gasteiger partial charge in [0.05, 0.1) is 0 Å². The summed E-state index contributed by atoms with van der Waals surface area (Å²) in [6.07, 6.45) is 4.37. The van der Waals surface area contributed by atoms with Crippen molar-refractivity contribution in [3.63, 3.8) is 0 Å². The third kappa shape index (κ3) is 4.27. The molecular weight excluding hydrogens is 263 g/mol. The van der Waals surface area contributed by atoms with Gasteiger partial charge in [0, 0.05) is 18.1 Å². The maximum Gasteiger partial charge on any atom is 0.126 e. The van der Waals surface area contributed by atoms with Crippen molar-refractivity contribution < 1.29 is 4.39 Å². The quantitative estimate of drug-likeness (QED) is 0.793. The van der Waals surface area contributed by atoms with Crippen LogP contribution in [-0.2, 0) is 6.42 Å². The largest absolute Gasteiger partial charge is 0.329 e. The average molecular weight is 292 g/mol. The number of halogens is 1. The molecule has 0 saturated heterocycles. The number of benzene rings is 1. The molecule has 21 heavy (non-hydrogen) atoms. The van der Waals surface area contributed by atoms with E-state index >= 15 is 0 Å². The fraction of sp³-hybridized carbons (Fsp3) is 0.667. The summed E-state index contributed by atoms with van der Waals surface area (Å²) in [5, 5.41) is 0. The van der Waals surface area contributed by atoms with E-state index < -0.39 is 0 Å². The number of hydrogen-bond donors (Lipinski definition) is 1. The lowest BCUT2D eigenvalue weighted by molar-refractivity contribution is 0.0936. The van der Waals surface area contributed by atoms with Crippen molar-refractivity contribution >= 4 is 0 Å². The Bertz CT molecular complexity index is 456. The first kappa shape index (κ1) is 16.4. The summed E-state index contributed by atoms with van der Waals surface area (Å²) in [6, 6.07) is 7.73. The van der Waals surface area contributed by atoms with Gasteiger partial charge < -0.3 is 5.73 Å². The van der Waals surface area contributed by atoms with Gasteiger partial charge in [-0.2, -0.15) is 0 Å². The second-order valence-corrected chi connectivity index (χ2v) is 7.08. The highest BCUT2D eigenvalue weighted by Gasteiger charge is 2.40. The highest BCUT2D eigenvalue weighted by molar-refractivity contribution is 5.20. The summed E-state index contributed by atoms with van der Waals surface area (Å²) < 4.78 is 14.0. The minimum absolute atomic E-state index is 0.114. The van der Waals surface area contributed by atoms with Gasteiger partial charge in [0.1, 0.15) is 5.82 Å². The summed E-state index contributed by atoms with van der Waals surface area (Å²) in [6.45, 7) is 8.32. The molecule has 0 radical (unpaired) electrons. The van der Waals surface area contributed by atoms with Gasteiger partial charge >= 0.3 is 0 Å². The molecule has 1 aromatic rings. The highest BCUT2D eigenvalue weighted by atomic mass is 19.1. The van der Waals surface area contributed by atoms with Crippen LogP contribution in [0.5, 0.6) is 0 Å². The molecule has 0 spiro atoms. The minimum Gasteiger partial charge on any atom is -0.329 e. The Balaban J connectivity index is 2.15. The van der Waals surface area contributed by atoms with Crippen molar-refractivity contribution in [2.45, 2.75) is 58.0 Å². The van der Waals surface area contributed by atoms with E-state index in [4.69, 9.17) is 5.73 Å². The Hall–Kier alpha value is -0.930. The van der Waals surface area contributed by atoms with E-state index in [2.05, 4.69) is 25.7 Å². The topological polar surface area (TPSA) is 29.3 Å². The third-order valence-electron chi connectivity index (χ3n) is 4.60. The molecular formula is C18H29FN2. The first-order valence-electron chi connectivity index (χ1n) is 8.16. The van der Waals surface area contributed by atoms with Crippen LogP contribution in [-0.4, -0.2) is 29.6 Å². The van der Waals surface area contributed by atoms with Gasteiger partial charge in [-0.25, -0.2) is 4.39 Å². The van der Waals surface area contributed by atoms with E-state index in [0.717, 1.165) is 12.1 Å². The monoisotopic (exact) mass is 292 g/mol. The van der Waals surface area contributed by atoms with E-state index in [9.17, 15) is 4.39 Å². The van der Waals surface area contributed by atoms with Crippen LogP contribution in [0.2, 0.25) is 0 Å². The molecule has 118 valence electrons. The Morgan fingerprint density at radius 3 is 2.52 bits per heavy atom. The summed E-state index contributed by atoms with van der Waals surface area (Å²) in [5.74, 6) is 0.568. The van der Waals surface area contributed by atoms with Crippen LogP contribution in [0.25, 0.3) is 0 Å². The maximum absolute atomic E-state index is 14.0. The predicted octanol–water partition coefficient (Wildman–Crippen LogP) is 3.60. The Morgan fingerprint density at radius 1 is 1.33 bits per heavy atom. The van der Waals surface area contributed by atoms with Crippen LogP contribution in [0.15, 0.2) is 24.3 Å². The van der Waals surface area contributed by atoms with E-state index in [1.165, 1.54) is 19.3 Å². The van der Waals surface area contributed by atoms with Crippen LogP contribution in [0.4, 0.5) is 4.39 Å². The normalized spacial score (nSPS) is 18.2. The second-order valence-electron chi connectivity index (χ2n) is 7.08. The van der Waals surface area contributed by atoms with E-state index in [1.807, 2.05) is 12.1 Å². The third-order valence-corrected chi connectivity index (χ3v) is 4.60. The Labute approximate surface area is 128 Å². The van der Waals surface area contributed by atoms with Crippen LogP contribution >= 0.6 is 0 Å². The molecule has 3 heteroatoms. The van der Waals surface area contributed by atoms with Gasteiger partial charge in [0.25, 0.3) is 0 Å². The number of nitrogens with two attached hydrogens (primary N) is 1. The van der Waals surface area contributed by atoms with E-state index in [1.54, 1.807) is 12.1 Å². The van der Waals surface area contributed by atoms with Crippen molar-refractivity contribution in [1.82, 2.24) is 4.90 Å². The van der Waals surface area contributed by atoms with Gasteiger partial charge in [-0.15, -0.1) is 0 Å². The molecule has 0 bridgehead atoms. The first-order chi connectivity index (χ1) is 9.96. The van der Waals surface area contributed by atoms with Crippen molar-refractivity contribution in [3.8, 4) is 0 Å². The van der Waals surface area contributed by atoms with Crippen LogP contribution < -0.4 is 5.73 Å². The molecule has 1 unspecified atom stereocenters. The van der Waals surface area contributed by atoms with Crippen molar-refractivity contribution in [1.29, 1.82) is 0 Å². The van der Waals surface area contributed by atoms with Gasteiger partial charge in [-0.1, -0.05) is 32.0 Å². The fourth-order valence-corrected chi connectivity index (χ4v) is 3.02. The molecule has 1 saturated carbocycles. The maximum atomic E-state index is 14.0. The minimum atomic E-state index is -0.155. The zero-order chi connectivity index (χ0) is 15.5. The number of rotatable bonds is 8. The van der Waals surface area contributed by atoms with Crippen LogP contribution in [0.3, 0.4) is 0 Å². The lowest BCUT2D eigenvalue weighted by atomic mass is 9.89. The van der Waals surface area contributed by atoms with Gasteiger partial charge in [-0.3, -0.25) is 4.90 Å². The summed E-state index contributed by atoms with van der Waals surface area (Å²) >= 11 is 0. The van der Waals surface area contributed by atoms with Crippen molar-refractivity contribution in [2.75, 3.05) is 13.1 Å². The molecule has 2 nitrogen and oxygen atoms in total. The SMILES string of the molecule is CC(C)CCN(C1CC1)C(C)(CN)Cc1ccccc1F. The zero-order valence-electron chi connectivity index (χ0n) is 13.6. The molecule has 2 N–H and O–H groups in total. The molecule has 1 aromatic carbocycles. The molecule has 0 heterocycles. The molecule has 0 aromatic heterocycles. The van der Waals surface area contributed by atoms with Gasteiger partial charge in [-0.05, 0) is 56.7 Å². The van der Waals surface area contributed by atoms with Crippen molar-refractivity contribution in [2.24, 2.45) is 11.7 Å². The predicted molar refractivity (Wildman–Crippen MR) is 86.7 cm³/mol. The lowest BCUT2D eigenvalue weighted by Gasteiger charge is -2.42. The standard InChI is InChI=1S/C18H29FN2/c1-14(2)10-11-21(16-8-9-16)18(3,13-20)12-15-6-4-5-7-17(15)19/h4-7,14,16H,8-13,20H2,1-3H3. The smallest absolute Gasteiger partial charge is 0.126 e. The first-order valence-corrected chi connectivity index (χ1v) is 8.16. The lowest BCUT2D eigenvalue weighted by Crippen LogP contribution is -2.54. The molecule has 1 aliphatic rings. The van der Waals surface area contributed by atoms with Crippen LogP contribution in [0.1, 0.15) is 45.6 Å². The average Bonchev–Trinajstić information content (AvgIpc) is 3.26. The van der Waals surface area contributed by atoms with Gasteiger partial charge in [0.2, 0.25) is 0 Å². The summed E-state index contributed by atoms with van der Waals surface area (Å²) in [5.41, 5.74) is 6.74. The highest BCUT2D eigenvalue weighted by Crippen LogP contribution is 2.35.